The van der Waals surface area contributed by atoms with Crippen LogP contribution < -0.4 is 10.2 Å². The second-order valence-corrected chi connectivity index (χ2v) is 4.31. The molecule has 7 heteroatoms. The number of nitro groups is 1. The number of carbonyl (C=O) groups is 1. The molecule has 0 aliphatic heterocycles. The van der Waals surface area contributed by atoms with Gasteiger partial charge in [-0.2, -0.15) is 0 Å². The third kappa shape index (κ3) is 2.97. The molecule has 1 N–H and O–H groups in total. The highest BCUT2D eigenvalue weighted by Crippen LogP contribution is 2.25. The van der Waals surface area contributed by atoms with Gasteiger partial charge in [0.25, 0.3) is 11.6 Å². The molecule has 0 fully saturated rings. The summed E-state index contributed by atoms with van der Waals surface area (Å²) in [5, 5.41) is 13.9. The van der Waals surface area contributed by atoms with Crippen molar-refractivity contribution in [3.63, 3.8) is 0 Å². The summed E-state index contributed by atoms with van der Waals surface area (Å²) in [7, 11) is 3.23. The first-order valence-electron chi connectivity index (χ1n) is 6.19. The number of amides is 1. The smallest absolute Gasteiger partial charge is 0.282 e. The Labute approximate surface area is 121 Å². The van der Waals surface area contributed by atoms with Crippen LogP contribution in [0.1, 0.15) is 10.4 Å². The molecule has 7 nitrogen and oxygen atoms in total. The summed E-state index contributed by atoms with van der Waals surface area (Å²) in [6.07, 6.45) is 3.11. The molecule has 2 aromatic rings. The lowest BCUT2D eigenvalue weighted by atomic mass is 10.1. The third-order valence-electron chi connectivity index (χ3n) is 3.05. The third-order valence-corrected chi connectivity index (χ3v) is 3.05. The Morgan fingerprint density at radius 3 is 2.71 bits per heavy atom. The summed E-state index contributed by atoms with van der Waals surface area (Å²) in [5.41, 5.74) is 0.989. The summed E-state index contributed by atoms with van der Waals surface area (Å²) < 4.78 is 0. The van der Waals surface area contributed by atoms with Crippen molar-refractivity contribution in [1.82, 2.24) is 4.98 Å². The van der Waals surface area contributed by atoms with Gasteiger partial charge < -0.3 is 10.2 Å². The van der Waals surface area contributed by atoms with Crippen LogP contribution in [0.25, 0.3) is 0 Å². The fraction of sp³-hybridized carbons (Fsp3) is 0.143. The van der Waals surface area contributed by atoms with E-state index in [4.69, 9.17) is 0 Å². The minimum absolute atomic E-state index is 0.0261. The number of pyridine rings is 1. The number of carbonyl (C=O) groups excluding carboxylic acids is 1. The molecule has 21 heavy (non-hydrogen) atoms. The second kappa shape index (κ2) is 6.00. The number of nitro benzene ring substituents is 1. The Bertz CT molecular complexity index is 673. The molecule has 0 radical (unpaired) electrons. The van der Waals surface area contributed by atoms with Crippen LogP contribution in [-0.2, 0) is 0 Å². The predicted octanol–water partition coefficient (Wildman–Crippen LogP) is 2.31. The molecule has 0 saturated carbocycles. The van der Waals surface area contributed by atoms with Crippen LogP contribution in [0.15, 0.2) is 42.7 Å². The van der Waals surface area contributed by atoms with Crippen LogP contribution in [0, 0.1) is 10.1 Å². The van der Waals surface area contributed by atoms with Crippen molar-refractivity contribution in [3.8, 4) is 0 Å². The summed E-state index contributed by atoms with van der Waals surface area (Å²) >= 11 is 0. The van der Waals surface area contributed by atoms with Crippen molar-refractivity contribution in [2.45, 2.75) is 0 Å². The van der Waals surface area contributed by atoms with E-state index in [0.717, 1.165) is 0 Å². The molecule has 1 aromatic carbocycles. The molecule has 1 heterocycles. The van der Waals surface area contributed by atoms with Gasteiger partial charge in [0.15, 0.2) is 0 Å². The van der Waals surface area contributed by atoms with E-state index >= 15 is 0 Å². The lowest BCUT2D eigenvalue weighted by molar-refractivity contribution is -0.385. The lowest BCUT2D eigenvalue weighted by Crippen LogP contribution is -2.27. The SMILES string of the molecule is CNc1ccc([N+](=O)[O-])c(C(=O)N(C)c2cccnc2)c1. The number of hydrogen-bond donors (Lipinski definition) is 1. The zero-order valence-electron chi connectivity index (χ0n) is 11.6. The van der Waals surface area contributed by atoms with E-state index in [9.17, 15) is 14.9 Å². The lowest BCUT2D eigenvalue weighted by Gasteiger charge is -2.17. The first-order valence-corrected chi connectivity index (χ1v) is 6.19. The molecule has 108 valence electrons. The number of nitrogens with zero attached hydrogens (tertiary/aromatic N) is 3. The minimum Gasteiger partial charge on any atom is -0.388 e. The van der Waals surface area contributed by atoms with Crippen LogP contribution in [-0.4, -0.2) is 29.9 Å². The fourth-order valence-electron chi connectivity index (χ4n) is 1.87. The van der Waals surface area contributed by atoms with Gasteiger partial charge in [-0.3, -0.25) is 19.9 Å². The minimum atomic E-state index is -0.566. The molecular weight excluding hydrogens is 272 g/mol. The van der Waals surface area contributed by atoms with Crippen LogP contribution in [0.4, 0.5) is 17.1 Å². The first kappa shape index (κ1) is 14.4. The maximum Gasteiger partial charge on any atom is 0.282 e. The van der Waals surface area contributed by atoms with Crippen molar-refractivity contribution in [2.24, 2.45) is 0 Å². The van der Waals surface area contributed by atoms with Gasteiger partial charge >= 0.3 is 0 Å². The summed E-state index contributed by atoms with van der Waals surface area (Å²) in [6, 6.07) is 7.73. The molecule has 0 unspecified atom stereocenters. The van der Waals surface area contributed by atoms with Gasteiger partial charge in [0.05, 0.1) is 16.8 Å². The number of aromatic nitrogens is 1. The standard InChI is InChI=1S/C14H14N4O3/c1-15-10-5-6-13(18(20)21)12(8-10)14(19)17(2)11-4-3-7-16-9-11/h3-9,15H,1-2H3. The van der Waals surface area contributed by atoms with Gasteiger partial charge in [0.2, 0.25) is 0 Å². The fourth-order valence-corrected chi connectivity index (χ4v) is 1.87. The van der Waals surface area contributed by atoms with E-state index in [0.29, 0.717) is 11.4 Å². The molecule has 0 spiro atoms. The van der Waals surface area contributed by atoms with Gasteiger partial charge in [0.1, 0.15) is 5.56 Å². The van der Waals surface area contributed by atoms with E-state index < -0.39 is 10.8 Å². The van der Waals surface area contributed by atoms with E-state index in [1.807, 2.05) is 0 Å². The number of rotatable bonds is 4. The summed E-state index contributed by atoms with van der Waals surface area (Å²) in [5.74, 6) is -0.466. The zero-order chi connectivity index (χ0) is 15.4. The monoisotopic (exact) mass is 286 g/mol. The van der Waals surface area contributed by atoms with Gasteiger partial charge in [0, 0.05) is 32.0 Å². The normalized spacial score (nSPS) is 10.0. The molecule has 0 atom stereocenters. The van der Waals surface area contributed by atoms with Gasteiger partial charge in [-0.1, -0.05) is 0 Å². The highest BCUT2D eigenvalue weighted by atomic mass is 16.6. The Kier molecular flexibility index (Phi) is 4.13. The van der Waals surface area contributed by atoms with Crippen LogP contribution in [0.5, 0.6) is 0 Å². The molecule has 0 aliphatic rings. The van der Waals surface area contributed by atoms with E-state index in [2.05, 4.69) is 10.3 Å². The van der Waals surface area contributed by atoms with E-state index in [1.165, 1.54) is 23.2 Å². The topological polar surface area (TPSA) is 88.4 Å². The predicted molar refractivity (Wildman–Crippen MR) is 79.6 cm³/mol. The quantitative estimate of drug-likeness (QED) is 0.688. The zero-order valence-corrected chi connectivity index (χ0v) is 11.6. The van der Waals surface area contributed by atoms with Crippen molar-refractivity contribution in [1.29, 1.82) is 0 Å². The van der Waals surface area contributed by atoms with Crippen LogP contribution >= 0.6 is 0 Å². The maximum absolute atomic E-state index is 12.5. The highest BCUT2D eigenvalue weighted by Gasteiger charge is 2.24. The van der Waals surface area contributed by atoms with Gasteiger partial charge in [-0.15, -0.1) is 0 Å². The Balaban J connectivity index is 2.44. The molecule has 0 saturated heterocycles. The number of anilines is 2. The Morgan fingerprint density at radius 1 is 1.38 bits per heavy atom. The largest absolute Gasteiger partial charge is 0.388 e. The van der Waals surface area contributed by atoms with Crippen LogP contribution in [0.2, 0.25) is 0 Å². The molecule has 1 amide bonds. The van der Waals surface area contributed by atoms with E-state index in [1.54, 1.807) is 38.5 Å². The van der Waals surface area contributed by atoms with E-state index in [-0.39, 0.29) is 11.3 Å². The molecule has 0 bridgehead atoms. The van der Waals surface area contributed by atoms with Crippen molar-refractivity contribution in [2.75, 3.05) is 24.3 Å². The second-order valence-electron chi connectivity index (χ2n) is 4.31. The Hall–Kier alpha value is -2.96. The Morgan fingerprint density at radius 2 is 2.14 bits per heavy atom. The van der Waals surface area contributed by atoms with Crippen molar-refractivity contribution in [3.05, 3.63) is 58.4 Å². The average molecular weight is 286 g/mol. The molecule has 0 aliphatic carbocycles. The number of hydrogen-bond acceptors (Lipinski definition) is 5. The highest BCUT2D eigenvalue weighted by molar-refractivity contribution is 6.08. The average Bonchev–Trinajstić information content (AvgIpc) is 2.53. The summed E-state index contributed by atoms with van der Waals surface area (Å²) in [6.45, 7) is 0. The number of nitrogens with one attached hydrogen (secondary N) is 1. The summed E-state index contributed by atoms with van der Waals surface area (Å²) in [4.78, 5) is 28.3. The first-order chi connectivity index (χ1) is 10.0. The van der Waals surface area contributed by atoms with Crippen molar-refractivity contribution < 1.29 is 9.72 Å². The number of benzene rings is 1. The molecule has 1 aromatic heterocycles. The van der Waals surface area contributed by atoms with Gasteiger partial charge in [-0.25, -0.2) is 0 Å². The molecular formula is C14H14N4O3. The van der Waals surface area contributed by atoms with Crippen LogP contribution in [0.3, 0.4) is 0 Å². The van der Waals surface area contributed by atoms with Gasteiger partial charge in [-0.05, 0) is 24.3 Å². The van der Waals surface area contributed by atoms with Crippen molar-refractivity contribution >= 4 is 23.0 Å². The maximum atomic E-state index is 12.5. The molecule has 2 rings (SSSR count).